The normalized spacial score (nSPS) is 22.1. The number of fused-ring (bicyclic) bond motifs is 3. The molecule has 2 atom stereocenters. The second-order valence-corrected chi connectivity index (χ2v) is 8.31. The van der Waals surface area contributed by atoms with Gasteiger partial charge in [-0.2, -0.15) is 0 Å². The van der Waals surface area contributed by atoms with E-state index in [1.807, 2.05) is 78.4 Å². The van der Waals surface area contributed by atoms with E-state index in [2.05, 4.69) is 0 Å². The number of likely N-dealkylation sites (N-methyl/N-ethyl adjacent to an activating group) is 1. The molecule has 2 unspecified atom stereocenters. The number of ether oxygens (including phenoxy) is 1. The molecule has 1 saturated heterocycles. The predicted octanol–water partition coefficient (Wildman–Crippen LogP) is 3.15. The number of aryl methyl sites for hydroxylation is 1. The molecule has 3 heterocycles. The number of benzene rings is 2. The van der Waals surface area contributed by atoms with Gasteiger partial charge in [0, 0.05) is 25.0 Å². The fourth-order valence-electron chi connectivity index (χ4n) is 4.56. The van der Waals surface area contributed by atoms with E-state index in [4.69, 9.17) is 9.73 Å². The zero-order valence-electron chi connectivity index (χ0n) is 18.5. The van der Waals surface area contributed by atoms with E-state index in [0.29, 0.717) is 5.96 Å². The number of carbonyl (C=O) groups is 2. The third kappa shape index (κ3) is 3.02. The molecule has 8 nitrogen and oxygen atoms in total. The van der Waals surface area contributed by atoms with Crippen LogP contribution < -0.4 is 9.64 Å². The lowest BCUT2D eigenvalue weighted by molar-refractivity contribution is -0.137. The number of nitrogens with zero attached hydrogens (tertiary/aromatic N) is 5. The van der Waals surface area contributed by atoms with Crippen molar-refractivity contribution in [2.75, 3.05) is 19.1 Å². The van der Waals surface area contributed by atoms with Crippen molar-refractivity contribution >= 4 is 23.6 Å². The molecule has 3 aliphatic heterocycles. The fraction of sp³-hybridized carbons (Fsp3) is 0.292. The summed E-state index contributed by atoms with van der Waals surface area (Å²) in [7, 11) is 3.33. The molecule has 2 aromatic rings. The summed E-state index contributed by atoms with van der Waals surface area (Å²) in [5, 5.41) is 0. The van der Waals surface area contributed by atoms with E-state index < -0.39 is 12.2 Å². The van der Waals surface area contributed by atoms with Gasteiger partial charge in [0.05, 0.1) is 19.3 Å². The Labute approximate surface area is 187 Å². The molecule has 3 aliphatic rings. The first-order valence-electron chi connectivity index (χ1n) is 10.5. The van der Waals surface area contributed by atoms with Crippen LogP contribution in [0.5, 0.6) is 5.75 Å². The SMILES string of the molecule is COc1cccc(N2C(C)=CN3C2=NC2C3C(=O)N(Cc3cccc(C)c3)C(=O)N2C)c1. The van der Waals surface area contributed by atoms with Crippen molar-refractivity contribution in [1.82, 2.24) is 14.7 Å². The van der Waals surface area contributed by atoms with Crippen molar-refractivity contribution in [1.29, 1.82) is 0 Å². The van der Waals surface area contributed by atoms with Crippen molar-refractivity contribution in [3.8, 4) is 5.75 Å². The van der Waals surface area contributed by atoms with Crippen LogP contribution in [0.15, 0.2) is 65.4 Å². The van der Waals surface area contributed by atoms with Gasteiger partial charge >= 0.3 is 6.03 Å². The average molecular weight is 431 g/mol. The van der Waals surface area contributed by atoms with E-state index in [0.717, 1.165) is 28.3 Å². The van der Waals surface area contributed by atoms with Crippen LogP contribution >= 0.6 is 0 Å². The van der Waals surface area contributed by atoms with Crippen molar-refractivity contribution < 1.29 is 14.3 Å². The second-order valence-electron chi connectivity index (χ2n) is 8.31. The lowest BCUT2D eigenvalue weighted by Crippen LogP contribution is -2.63. The van der Waals surface area contributed by atoms with Crippen molar-refractivity contribution in [3.63, 3.8) is 0 Å². The van der Waals surface area contributed by atoms with Crippen LogP contribution in [0.25, 0.3) is 0 Å². The van der Waals surface area contributed by atoms with E-state index in [1.165, 1.54) is 4.90 Å². The van der Waals surface area contributed by atoms with Crippen LogP contribution in [0.1, 0.15) is 18.1 Å². The Bertz CT molecular complexity index is 1170. The largest absolute Gasteiger partial charge is 0.497 e. The molecular weight excluding hydrogens is 406 g/mol. The third-order valence-corrected chi connectivity index (χ3v) is 6.12. The van der Waals surface area contributed by atoms with Crippen LogP contribution in [0.4, 0.5) is 10.5 Å². The molecule has 0 saturated carbocycles. The molecule has 0 radical (unpaired) electrons. The van der Waals surface area contributed by atoms with Crippen molar-refractivity contribution in [2.45, 2.75) is 32.6 Å². The van der Waals surface area contributed by atoms with Crippen LogP contribution in [-0.2, 0) is 11.3 Å². The molecule has 3 amide bonds. The summed E-state index contributed by atoms with van der Waals surface area (Å²) in [4.78, 5) is 38.2. The Morgan fingerprint density at radius 1 is 1.06 bits per heavy atom. The molecule has 5 rings (SSSR count). The van der Waals surface area contributed by atoms with Gasteiger partial charge in [-0.3, -0.25) is 14.6 Å². The number of allylic oxidation sites excluding steroid dienone is 1. The molecule has 0 N–H and O–H groups in total. The van der Waals surface area contributed by atoms with Crippen LogP contribution in [-0.4, -0.2) is 59.0 Å². The number of urea groups is 1. The molecule has 0 aliphatic carbocycles. The second kappa shape index (κ2) is 7.40. The summed E-state index contributed by atoms with van der Waals surface area (Å²) in [6.45, 7) is 4.20. The lowest BCUT2D eigenvalue weighted by Gasteiger charge is -2.40. The number of methoxy groups -OCH3 is 1. The first-order valence-corrected chi connectivity index (χ1v) is 10.5. The van der Waals surface area contributed by atoms with E-state index in [-0.39, 0.29) is 18.5 Å². The number of aliphatic imine (C=N–C) groups is 1. The Morgan fingerprint density at radius 2 is 1.84 bits per heavy atom. The molecule has 2 aromatic carbocycles. The third-order valence-electron chi connectivity index (χ3n) is 6.12. The van der Waals surface area contributed by atoms with Crippen molar-refractivity contribution in [2.24, 2.45) is 4.99 Å². The minimum atomic E-state index is -0.594. The minimum absolute atomic E-state index is 0.234. The topological polar surface area (TPSA) is 68.7 Å². The quantitative estimate of drug-likeness (QED) is 0.744. The number of guanidine groups is 1. The Kier molecular flexibility index (Phi) is 4.65. The van der Waals surface area contributed by atoms with Gasteiger partial charge in [-0.1, -0.05) is 35.9 Å². The van der Waals surface area contributed by atoms with Gasteiger partial charge in [0.2, 0.25) is 5.96 Å². The smallest absolute Gasteiger partial charge is 0.328 e. The van der Waals surface area contributed by atoms with Gasteiger partial charge in [-0.15, -0.1) is 0 Å². The van der Waals surface area contributed by atoms with Gasteiger partial charge in [0.15, 0.2) is 12.2 Å². The van der Waals surface area contributed by atoms with E-state index in [1.54, 1.807) is 19.1 Å². The average Bonchev–Trinajstić information content (AvgIpc) is 3.29. The van der Waals surface area contributed by atoms with Gasteiger partial charge in [-0.25, -0.2) is 9.79 Å². The molecule has 8 heteroatoms. The summed E-state index contributed by atoms with van der Waals surface area (Å²) in [5.74, 6) is 1.13. The van der Waals surface area contributed by atoms with Crippen molar-refractivity contribution in [3.05, 3.63) is 71.6 Å². The minimum Gasteiger partial charge on any atom is -0.497 e. The lowest BCUT2D eigenvalue weighted by atomic mass is 10.1. The summed E-state index contributed by atoms with van der Waals surface area (Å²) in [6, 6.07) is 14.6. The highest BCUT2D eigenvalue weighted by Gasteiger charge is 2.54. The standard InChI is InChI=1S/C24H25N5O3/c1-15-7-5-8-17(11-15)14-28-22(30)20-21(26(3)24(28)31)25-23-27(20)13-16(2)29(23)18-9-6-10-19(12-18)32-4/h5-13,20-21H,14H2,1-4H3. The highest BCUT2D eigenvalue weighted by Crippen LogP contribution is 2.37. The maximum absolute atomic E-state index is 13.5. The highest BCUT2D eigenvalue weighted by atomic mass is 16.5. The summed E-state index contributed by atoms with van der Waals surface area (Å²) < 4.78 is 5.37. The Balaban J connectivity index is 1.47. The molecule has 1 fully saturated rings. The number of imide groups is 1. The molecular formula is C24H25N5O3. The molecule has 0 aromatic heterocycles. The van der Waals surface area contributed by atoms with Gasteiger partial charge in [0.1, 0.15) is 5.75 Å². The highest BCUT2D eigenvalue weighted by molar-refractivity contribution is 6.09. The van der Waals surface area contributed by atoms with Crippen LogP contribution in [0.2, 0.25) is 0 Å². The maximum Gasteiger partial charge on any atom is 0.328 e. The van der Waals surface area contributed by atoms with E-state index >= 15 is 0 Å². The number of amides is 3. The molecule has 164 valence electrons. The Hall–Kier alpha value is -3.81. The molecule has 0 bridgehead atoms. The van der Waals surface area contributed by atoms with E-state index in [9.17, 15) is 9.59 Å². The number of carbonyl (C=O) groups excluding carboxylic acids is 2. The van der Waals surface area contributed by atoms with Gasteiger partial charge in [-0.05, 0) is 31.5 Å². The maximum atomic E-state index is 13.5. The Morgan fingerprint density at radius 3 is 2.59 bits per heavy atom. The number of anilines is 1. The zero-order valence-corrected chi connectivity index (χ0v) is 18.5. The fourth-order valence-corrected chi connectivity index (χ4v) is 4.56. The zero-order chi connectivity index (χ0) is 22.6. The molecule has 32 heavy (non-hydrogen) atoms. The number of hydrogen-bond acceptors (Lipinski definition) is 6. The summed E-state index contributed by atoms with van der Waals surface area (Å²) in [5.41, 5.74) is 3.83. The summed E-state index contributed by atoms with van der Waals surface area (Å²) >= 11 is 0. The number of rotatable bonds is 4. The first-order chi connectivity index (χ1) is 15.4. The van der Waals surface area contributed by atoms with Crippen LogP contribution in [0, 0.1) is 6.92 Å². The number of hydrogen-bond donors (Lipinski definition) is 0. The van der Waals surface area contributed by atoms with Gasteiger partial charge in [0.25, 0.3) is 5.91 Å². The summed E-state index contributed by atoms with van der Waals surface area (Å²) in [6.07, 6.45) is 1.35. The van der Waals surface area contributed by atoms with Crippen LogP contribution in [0.3, 0.4) is 0 Å². The van der Waals surface area contributed by atoms with Gasteiger partial charge < -0.3 is 14.5 Å². The monoisotopic (exact) mass is 431 g/mol. The predicted molar refractivity (Wildman–Crippen MR) is 121 cm³/mol. The molecule has 0 spiro atoms. The first kappa shape index (κ1) is 20.1.